The standard InChI is InChI=1S/C18H19BrFN4OP/c1-10(12-6-5-7-14(19)17(12)20)22-18-13-8-16(26(3,4)25)21-9-15(13)23-11(2)24-18/h5-10H,1-4H3,(H,22,23,24). The van der Waals surface area contributed by atoms with Gasteiger partial charge in [-0.2, -0.15) is 0 Å². The first-order valence-electron chi connectivity index (χ1n) is 8.07. The van der Waals surface area contributed by atoms with E-state index in [2.05, 4.69) is 36.2 Å². The van der Waals surface area contributed by atoms with Crippen LogP contribution in [0.3, 0.4) is 0 Å². The predicted octanol–water partition coefficient (Wildman–Crippen LogP) is 4.66. The molecule has 0 aliphatic heterocycles. The van der Waals surface area contributed by atoms with E-state index in [9.17, 15) is 8.96 Å². The summed E-state index contributed by atoms with van der Waals surface area (Å²) in [6.45, 7) is 6.99. The molecule has 3 aromatic rings. The SMILES string of the molecule is Cc1nc(NC(C)c2cccc(Br)c2F)c2cc(P(C)(C)=O)ncc2n1. The second kappa shape index (κ2) is 7.05. The number of rotatable bonds is 4. The molecule has 2 heterocycles. The third-order valence-electron chi connectivity index (χ3n) is 4.03. The van der Waals surface area contributed by atoms with Gasteiger partial charge in [0.25, 0.3) is 0 Å². The lowest BCUT2D eigenvalue weighted by Crippen LogP contribution is -2.13. The minimum atomic E-state index is -2.52. The Morgan fingerprint density at radius 3 is 2.69 bits per heavy atom. The summed E-state index contributed by atoms with van der Waals surface area (Å²) in [5.74, 6) is 0.834. The van der Waals surface area contributed by atoms with Crippen molar-refractivity contribution in [3.05, 3.63) is 52.1 Å². The van der Waals surface area contributed by atoms with Crippen LogP contribution in [0.1, 0.15) is 24.4 Å². The van der Waals surface area contributed by atoms with Gasteiger partial charge in [0.2, 0.25) is 0 Å². The number of pyridine rings is 1. The molecule has 3 rings (SSSR count). The Morgan fingerprint density at radius 2 is 2.00 bits per heavy atom. The average molecular weight is 437 g/mol. The first-order valence-corrected chi connectivity index (χ1v) is 11.5. The fourth-order valence-electron chi connectivity index (χ4n) is 2.68. The number of hydrogen-bond donors (Lipinski definition) is 1. The summed E-state index contributed by atoms with van der Waals surface area (Å²) >= 11 is 3.21. The molecule has 8 heteroatoms. The van der Waals surface area contributed by atoms with Crippen LogP contribution in [-0.4, -0.2) is 28.3 Å². The second-order valence-electron chi connectivity index (χ2n) is 6.54. The molecule has 0 aliphatic carbocycles. The summed E-state index contributed by atoms with van der Waals surface area (Å²) in [5, 5.41) is 3.97. The molecule has 0 radical (unpaired) electrons. The Balaban J connectivity index is 2.08. The summed E-state index contributed by atoms with van der Waals surface area (Å²) in [4.78, 5) is 13.1. The number of fused-ring (bicyclic) bond motifs is 1. The fraction of sp³-hybridized carbons (Fsp3) is 0.278. The van der Waals surface area contributed by atoms with Crippen molar-refractivity contribution in [3.8, 4) is 0 Å². The largest absolute Gasteiger partial charge is 0.363 e. The number of hydrogen-bond acceptors (Lipinski definition) is 5. The predicted molar refractivity (Wildman–Crippen MR) is 107 cm³/mol. The highest BCUT2D eigenvalue weighted by Crippen LogP contribution is 2.35. The van der Waals surface area contributed by atoms with Gasteiger partial charge in [-0.25, -0.2) is 14.4 Å². The van der Waals surface area contributed by atoms with E-state index in [1.807, 2.05) is 6.92 Å². The van der Waals surface area contributed by atoms with Crippen molar-refractivity contribution < 1.29 is 8.96 Å². The third kappa shape index (κ3) is 3.79. The highest BCUT2D eigenvalue weighted by atomic mass is 79.9. The number of aryl methyl sites for hydroxylation is 1. The van der Waals surface area contributed by atoms with E-state index in [1.165, 1.54) is 0 Å². The summed E-state index contributed by atoms with van der Waals surface area (Å²) in [5.41, 5.74) is 1.69. The van der Waals surface area contributed by atoms with Gasteiger partial charge in [0.15, 0.2) is 0 Å². The minimum absolute atomic E-state index is 0.309. The van der Waals surface area contributed by atoms with Gasteiger partial charge in [-0.3, -0.25) is 4.98 Å². The van der Waals surface area contributed by atoms with Crippen molar-refractivity contribution in [3.63, 3.8) is 0 Å². The van der Waals surface area contributed by atoms with Crippen molar-refractivity contribution in [1.29, 1.82) is 0 Å². The van der Waals surface area contributed by atoms with Gasteiger partial charge < -0.3 is 9.88 Å². The van der Waals surface area contributed by atoms with Crippen LogP contribution in [0.15, 0.2) is 34.9 Å². The number of halogens is 2. The molecule has 0 amide bonds. The molecule has 1 atom stereocenters. The summed E-state index contributed by atoms with van der Waals surface area (Å²) in [6.07, 6.45) is 1.61. The normalized spacial score (nSPS) is 13.0. The van der Waals surface area contributed by atoms with Crippen molar-refractivity contribution in [2.45, 2.75) is 19.9 Å². The Kier molecular flexibility index (Phi) is 5.13. The molecule has 136 valence electrons. The topological polar surface area (TPSA) is 67.8 Å². The molecule has 5 nitrogen and oxygen atoms in total. The number of aromatic nitrogens is 3. The first kappa shape index (κ1) is 18.9. The molecular formula is C18H19BrFN4OP. The van der Waals surface area contributed by atoms with E-state index in [0.717, 1.165) is 0 Å². The zero-order valence-electron chi connectivity index (χ0n) is 14.9. The average Bonchev–Trinajstić information content (AvgIpc) is 2.55. The molecular weight excluding hydrogens is 418 g/mol. The van der Waals surface area contributed by atoms with Gasteiger partial charge >= 0.3 is 0 Å². The lowest BCUT2D eigenvalue weighted by molar-refractivity contribution is 0.588. The Morgan fingerprint density at radius 1 is 1.27 bits per heavy atom. The summed E-state index contributed by atoms with van der Waals surface area (Å²) in [6, 6.07) is 6.61. The molecule has 0 fully saturated rings. The van der Waals surface area contributed by atoms with Crippen LogP contribution >= 0.6 is 23.1 Å². The zero-order valence-corrected chi connectivity index (χ0v) is 17.4. The molecule has 2 aromatic heterocycles. The van der Waals surface area contributed by atoms with Crippen LogP contribution in [0, 0.1) is 12.7 Å². The number of nitrogens with zero attached hydrogens (tertiary/aromatic N) is 3. The van der Waals surface area contributed by atoms with Gasteiger partial charge in [-0.1, -0.05) is 12.1 Å². The lowest BCUT2D eigenvalue weighted by Gasteiger charge is -2.18. The van der Waals surface area contributed by atoms with Gasteiger partial charge in [0.05, 0.1) is 22.2 Å². The Labute approximate surface area is 160 Å². The Hall–Kier alpha value is -1.85. The Bertz CT molecular complexity index is 1040. The van der Waals surface area contributed by atoms with Crippen LogP contribution in [0.4, 0.5) is 10.2 Å². The number of nitrogens with one attached hydrogen (secondary N) is 1. The van der Waals surface area contributed by atoms with E-state index < -0.39 is 7.14 Å². The summed E-state index contributed by atoms with van der Waals surface area (Å²) in [7, 11) is -2.52. The molecule has 0 saturated heterocycles. The highest BCUT2D eigenvalue weighted by Gasteiger charge is 2.18. The molecule has 0 aliphatic rings. The second-order valence-corrected chi connectivity index (χ2v) is 10.6. The van der Waals surface area contributed by atoms with Gasteiger partial charge in [0.1, 0.15) is 30.0 Å². The number of benzene rings is 1. The van der Waals surface area contributed by atoms with Gasteiger partial charge in [0, 0.05) is 10.9 Å². The molecule has 0 saturated carbocycles. The van der Waals surface area contributed by atoms with E-state index >= 15 is 0 Å². The molecule has 0 spiro atoms. The van der Waals surface area contributed by atoms with E-state index in [1.54, 1.807) is 50.7 Å². The monoisotopic (exact) mass is 436 g/mol. The molecule has 0 bridgehead atoms. The summed E-state index contributed by atoms with van der Waals surface area (Å²) < 4.78 is 27.2. The van der Waals surface area contributed by atoms with E-state index in [0.29, 0.717) is 38.0 Å². The van der Waals surface area contributed by atoms with E-state index in [4.69, 9.17) is 0 Å². The maximum Gasteiger partial charge on any atom is 0.142 e. The molecule has 1 aromatic carbocycles. The first-order chi connectivity index (χ1) is 12.2. The van der Waals surface area contributed by atoms with Crippen LogP contribution in [-0.2, 0) is 4.57 Å². The van der Waals surface area contributed by atoms with Crippen LogP contribution in [0.2, 0.25) is 0 Å². The van der Waals surface area contributed by atoms with Crippen LogP contribution < -0.4 is 10.8 Å². The third-order valence-corrected chi connectivity index (χ3v) is 5.99. The van der Waals surface area contributed by atoms with Crippen LogP contribution in [0.5, 0.6) is 0 Å². The highest BCUT2D eigenvalue weighted by molar-refractivity contribution is 9.10. The van der Waals surface area contributed by atoms with Gasteiger partial charge in [-0.15, -0.1) is 0 Å². The fourth-order valence-corrected chi connectivity index (χ4v) is 3.84. The molecule has 1 unspecified atom stereocenters. The number of anilines is 1. The lowest BCUT2D eigenvalue weighted by atomic mass is 10.1. The van der Waals surface area contributed by atoms with E-state index in [-0.39, 0.29) is 11.9 Å². The van der Waals surface area contributed by atoms with Gasteiger partial charge in [-0.05, 0) is 55.2 Å². The molecule has 1 N–H and O–H groups in total. The maximum absolute atomic E-state index is 14.4. The quantitative estimate of drug-likeness (QED) is 0.602. The van der Waals surface area contributed by atoms with Crippen molar-refractivity contribution >= 4 is 45.2 Å². The van der Waals surface area contributed by atoms with Crippen LogP contribution in [0.25, 0.3) is 10.9 Å². The smallest absolute Gasteiger partial charge is 0.142 e. The van der Waals surface area contributed by atoms with Crippen molar-refractivity contribution in [1.82, 2.24) is 15.0 Å². The van der Waals surface area contributed by atoms with Crippen molar-refractivity contribution in [2.75, 3.05) is 18.6 Å². The zero-order chi connectivity index (χ0) is 19.1. The minimum Gasteiger partial charge on any atom is -0.363 e. The maximum atomic E-state index is 14.4. The molecule has 26 heavy (non-hydrogen) atoms. The van der Waals surface area contributed by atoms with Crippen molar-refractivity contribution in [2.24, 2.45) is 0 Å².